The summed E-state index contributed by atoms with van der Waals surface area (Å²) in [5.41, 5.74) is 1.17. The molecule has 3 aromatic rings. The van der Waals surface area contributed by atoms with Crippen molar-refractivity contribution in [1.29, 1.82) is 0 Å². The zero-order chi connectivity index (χ0) is 14.1. The van der Waals surface area contributed by atoms with Crippen LogP contribution in [0.4, 0.5) is 5.69 Å². The molecule has 0 aromatic heterocycles. The third-order valence-electron chi connectivity index (χ3n) is 3.22. The minimum Gasteiger partial charge on any atom is -0.508 e. The Hall–Kier alpha value is -2.88. The molecule has 0 saturated carbocycles. The van der Waals surface area contributed by atoms with Crippen LogP contribution in [0.2, 0.25) is 0 Å². The molecule has 0 spiro atoms. The SMILES string of the molecule is O=[N+]([O-])c1cc2ccccc2cc1-c1cccc(O)c1. The highest BCUT2D eigenvalue weighted by Crippen LogP contribution is 2.35. The Morgan fingerprint density at radius 3 is 2.25 bits per heavy atom. The summed E-state index contributed by atoms with van der Waals surface area (Å²) in [5, 5.41) is 22.6. The van der Waals surface area contributed by atoms with Gasteiger partial charge in [-0.2, -0.15) is 0 Å². The normalized spacial score (nSPS) is 10.6. The van der Waals surface area contributed by atoms with Gasteiger partial charge in [-0.1, -0.05) is 36.4 Å². The summed E-state index contributed by atoms with van der Waals surface area (Å²) in [6, 6.07) is 17.3. The standard InChI is InChI=1S/C16H11NO3/c18-14-7-3-6-13(8-14)15-9-11-4-1-2-5-12(11)10-16(15)17(19)20/h1-10,18H. The van der Waals surface area contributed by atoms with Crippen LogP contribution in [0.25, 0.3) is 21.9 Å². The van der Waals surface area contributed by atoms with E-state index in [1.807, 2.05) is 24.3 Å². The fraction of sp³-hybridized carbons (Fsp3) is 0. The van der Waals surface area contributed by atoms with E-state index in [-0.39, 0.29) is 11.4 Å². The van der Waals surface area contributed by atoms with Crippen LogP contribution in [0.1, 0.15) is 0 Å². The van der Waals surface area contributed by atoms with Gasteiger partial charge < -0.3 is 5.11 Å². The number of fused-ring (bicyclic) bond motifs is 1. The van der Waals surface area contributed by atoms with Gasteiger partial charge in [0.2, 0.25) is 0 Å². The molecule has 0 bridgehead atoms. The number of rotatable bonds is 2. The quantitative estimate of drug-likeness (QED) is 0.560. The topological polar surface area (TPSA) is 63.4 Å². The van der Waals surface area contributed by atoms with Crippen molar-refractivity contribution in [2.75, 3.05) is 0 Å². The molecule has 0 heterocycles. The van der Waals surface area contributed by atoms with Crippen LogP contribution in [0, 0.1) is 10.1 Å². The van der Waals surface area contributed by atoms with Crippen molar-refractivity contribution < 1.29 is 10.0 Å². The number of aromatic hydroxyl groups is 1. The average molecular weight is 265 g/mol. The van der Waals surface area contributed by atoms with Gasteiger partial charge in [-0.15, -0.1) is 0 Å². The largest absolute Gasteiger partial charge is 0.508 e. The van der Waals surface area contributed by atoms with Crippen molar-refractivity contribution in [2.24, 2.45) is 0 Å². The Balaban J connectivity index is 2.32. The van der Waals surface area contributed by atoms with Gasteiger partial charge in [-0.25, -0.2) is 0 Å². The third-order valence-corrected chi connectivity index (χ3v) is 3.22. The van der Waals surface area contributed by atoms with Gasteiger partial charge in [0.25, 0.3) is 5.69 Å². The second-order valence-corrected chi connectivity index (χ2v) is 4.52. The molecular weight excluding hydrogens is 254 g/mol. The van der Waals surface area contributed by atoms with Crippen LogP contribution in [-0.4, -0.2) is 10.0 Å². The number of phenols is 1. The number of benzene rings is 3. The number of nitro groups is 1. The van der Waals surface area contributed by atoms with Gasteiger partial charge in [-0.05, 0) is 34.5 Å². The Kier molecular flexibility index (Phi) is 2.84. The lowest BCUT2D eigenvalue weighted by Gasteiger charge is -2.06. The molecular formula is C16H11NO3. The summed E-state index contributed by atoms with van der Waals surface area (Å²) in [4.78, 5) is 10.9. The first-order chi connectivity index (χ1) is 9.65. The molecule has 3 aromatic carbocycles. The highest BCUT2D eigenvalue weighted by Gasteiger charge is 2.16. The van der Waals surface area contributed by atoms with Crippen LogP contribution in [-0.2, 0) is 0 Å². The molecule has 4 nitrogen and oxygen atoms in total. The van der Waals surface area contributed by atoms with Gasteiger partial charge in [-0.3, -0.25) is 10.1 Å². The number of hydrogen-bond donors (Lipinski definition) is 1. The monoisotopic (exact) mass is 265 g/mol. The molecule has 0 amide bonds. The summed E-state index contributed by atoms with van der Waals surface area (Å²) < 4.78 is 0. The Morgan fingerprint density at radius 2 is 1.60 bits per heavy atom. The third kappa shape index (κ3) is 2.07. The van der Waals surface area contributed by atoms with Crippen LogP contribution >= 0.6 is 0 Å². The number of hydrogen-bond acceptors (Lipinski definition) is 3. The predicted octanol–water partition coefficient (Wildman–Crippen LogP) is 4.12. The molecule has 0 radical (unpaired) electrons. The highest BCUT2D eigenvalue weighted by atomic mass is 16.6. The Labute approximate surface area is 115 Å². The second-order valence-electron chi connectivity index (χ2n) is 4.52. The highest BCUT2D eigenvalue weighted by molar-refractivity contribution is 5.92. The van der Waals surface area contributed by atoms with Crippen LogP contribution in [0.3, 0.4) is 0 Å². The number of nitrogens with zero attached hydrogens (tertiary/aromatic N) is 1. The fourth-order valence-electron chi connectivity index (χ4n) is 2.28. The first-order valence-corrected chi connectivity index (χ1v) is 6.12. The fourth-order valence-corrected chi connectivity index (χ4v) is 2.28. The summed E-state index contributed by atoms with van der Waals surface area (Å²) in [7, 11) is 0. The molecule has 0 unspecified atom stereocenters. The molecule has 0 saturated heterocycles. The maximum atomic E-state index is 11.3. The van der Waals surface area contributed by atoms with E-state index >= 15 is 0 Å². The van der Waals surface area contributed by atoms with Gasteiger partial charge in [0, 0.05) is 6.07 Å². The molecule has 1 N–H and O–H groups in total. The molecule has 0 aliphatic carbocycles. The van der Waals surface area contributed by atoms with E-state index < -0.39 is 4.92 Å². The lowest BCUT2D eigenvalue weighted by molar-refractivity contribution is -0.384. The van der Waals surface area contributed by atoms with E-state index in [4.69, 9.17) is 0 Å². The van der Waals surface area contributed by atoms with Crippen LogP contribution < -0.4 is 0 Å². The van der Waals surface area contributed by atoms with E-state index in [0.29, 0.717) is 11.1 Å². The summed E-state index contributed by atoms with van der Waals surface area (Å²) in [6.45, 7) is 0. The molecule has 0 aliphatic heterocycles. The van der Waals surface area contributed by atoms with Gasteiger partial charge >= 0.3 is 0 Å². The van der Waals surface area contributed by atoms with Crippen molar-refractivity contribution in [3.05, 3.63) is 70.8 Å². The summed E-state index contributed by atoms with van der Waals surface area (Å²) >= 11 is 0. The summed E-state index contributed by atoms with van der Waals surface area (Å²) in [5.74, 6) is 0.0879. The van der Waals surface area contributed by atoms with Gasteiger partial charge in [0.1, 0.15) is 5.75 Å². The van der Waals surface area contributed by atoms with Crippen LogP contribution in [0.15, 0.2) is 60.7 Å². The maximum Gasteiger partial charge on any atom is 0.277 e. The maximum absolute atomic E-state index is 11.3. The number of phenolic OH excluding ortho intramolecular Hbond substituents is 1. The molecule has 0 fully saturated rings. The first kappa shape index (κ1) is 12.2. The molecule has 4 heteroatoms. The van der Waals surface area contributed by atoms with E-state index in [1.165, 1.54) is 12.1 Å². The van der Waals surface area contributed by atoms with E-state index in [1.54, 1.807) is 24.3 Å². The molecule has 98 valence electrons. The molecule has 0 atom stereocenters. The zero-order valence-corrected chi connectivity index (χ0v) is 10.5. The van der Waals surface area contributed by atoms with Gasteiger partial charge in [0.15, 0.2) is 0 Å². The minimum absolute atomic E-state index is 0.0364. The molecule has 20 heavy (non-hydrogen) atoms. The van der Waals surface area contributed by atoms with E-state index in [2.05, 4.69) is 0 Å². The van der Waals surface area contributed by atoms with Crippen molar-refractivity contribution in [1.82, 2.24) is 0 Å². The smallest absolute Gasteiger partial charge is 0.277 e. The van der Waals surface area contributed by atoms with E-state index in [0.717, 1.165) is 10.8 Å². The molecule has 0 aliphatic rings. The van der Waals surface area contributed by atoms with Crippen molar-refractivity contribution >= 4 is 16.5 Å². The molecule has 3 rings (SSSR count). The van der Waals surface area contributed by atoms with Gasteiger partial charge in [0.05, 0.1) is 10.5 Å². The average Bonchev–Trinajstić information content (AvgIpc) is 2.46. The lowest BCUT2D eigenvalue weighted by Crippen LogP contribution is -1.92. The number of nitro benzene ring substituents is 1. The Morgan fingerprint density at radius 1 is 0.900 bits per heavy atom. The zero-order valence-electron chi connectivity index (χ0n) is 10.5. The summed E-state index contributed by atoms with van der Waals surface area (Å²) in [6.07, 6.45) is 0. The van der Waals surface area contributed by atoms with Crippen molar-refractivity contribution in [2.45, 2.75) is 0 Å². The van der Waals surface area contributed by atoms with Crippen LogP contribution in [0.5, 0.6) is 5.75 Å². The van der Waals surface area contributed by atoms with E-state index in [9.17, 15) is 15.2 Å². The predicted molar refractivity (Wildman–Crippen MR) is 77.7 cm³/mol. The first-order valence-electron chi connectivity index (χ1n) is 6.12. The lowest BCUT2D eigenvalue weighted by atomic mass is 9.99. The Bertz CT molecular complexity index is 812. The van der Waals surface area contributed by atoms with Crippen molar-refractivity contribution in [3.63, 3.8) is 0 Å². The van der Waals surface area contributed by atoms with Crippen molar-refractivity contribution in [3.8, 4) is 16.9 Å². The second kappa shape index (κ2) is 4.66. The minimum atomic E-state index is -0.397.